The topological polar surface area (TPSA) is 54.0 Å². The SMILES string of the molecule is COc1ccc(OC(=O)OCCOCc2ccccc2)cc1. The lowest BCUT2D eigenvalue weighted by Gasteiger charge is -2.07. The minimum atomic E-state index is -0.756. The molecule has 22 heavy (non-hydrogen) atoms. The summed E-state index contributed by atoms with van der Waals surface area (Å²) >= 11 is 0. The summed E-state index contributed by atoms with van der Waals surface area (Å²) in [6.45, 7) is 0.937. The van der Waals surface area contributed by atoms with Crippen LogP contribution in [0.25, 0.3) is 0 Å². The van der Waals surface area contributed by atoms with Crippen LogP contribution in [0.2, 0.25) is 0 Å². The van der Waals surface area contributed by atoms with E-state index in [1.807, 2.05) is 30.3 Å². The van der Waals surface area contributed by atoms with Crippen molar-refractivity contribution in [2.45, 2.75) is 6.61 Å². The van der Waals surface area contributed by atoms with Gasteiger partial charge in [0.05, 0.1) is 20.3 Å². The molecule has 5 nitrogen and oxygen atoms in total. The van der Waals surface area contributed by atoms with Crippen LogP contribution >= 0.6 is 0 Å². The molecule has 0 aliphatic heterocycles. The smallest absolute Gasteiger partial charge is 0.497 e. The van der Waals surface area contributed by atoms with E-state index in [-0.39, 0.29) is 6.61 Å². The molecule has 0 saturated heterocycles. The summed E-state index contributed by atoms with van der Waals surface area (Å²) in [5.74, 6) is 1.09. The number of hydrogen-bond acceptors (Lipinski definition) is 5. The average Bonchev–Trinajstić information content (AvgIpc) is 2.56. The van der Waals surface area contributed by atoms with Crippen LogP contribution in [0.4, 0.5) is 4.79 Å². The molecule has 0 aromatic heterocycles. The maximum absolute atomic E-state index is 11.5. The highest BCUT2D eigenvalue weighted by atomic mass is 16.7. The van der Waals surface area contributed by atoms with E-state index in [1.165, 1.54) is 0 Å². The van der Waals surface area contributed by atoms with Gasteiger partial charge >= 0.3 is 6.16 Å². The summed E-state index contributed by atoms with van der Waals surface area (Å²) in [5.41, 5.74) is 1.07. The van der Waals surface area contributed by atoms with Gasteiger partial charge in [0.15, 0.2) is 0 Å². The lowest BCUT2D eigenvalue weighted by Crippen LogP contribution is -2.14. The van der Waals surface area contributed by atoms with Crippen molar-refractivity contribution in [2.75, 3.05) is 20.3 Å². The van der Waals surface area contributed by atoms with Gasteiger partial charge in [0.1, 0.15) is 18.1 Å². The summed E-state index contributed by atoms with van der Waals surface area (Å²) in [5, 5.41) is 0. The Morgan fingerprint density at radius 2 is 1.59 bits per heavy atom. The lowest BCUT2D eigenvalue weighted by atomic mass is 10.2. The Balaban J connectivity index is 1.61. The van der Waals surface area contributed by atoms with Crippen LogP contribution in [0.3, 0.4) is 0 Å². The Morgan fingerprint density at radius 3 is 2.27 bits per heavy atom. The van der Waals surface area contributed by atoms with E-state index < -0.39 is 6.16 Å². The molecule has 5 heteroatoms. The Bertz CT molecular complexity index is 565. The number of methoxy groups -OCH3 is 1. The number of benzene rings is 2. The van der Waals surface area contributed by atoms with Crippen LogP contribution in [0.5, 0.6) is 11.5 Å². The zero-order valence-corrected chi connectivity index (χ0v) is 12.4. The molecule has 0 aliphatic rings. The third-order valence-electron chi connectivity index (χ3n) is 2.82. The molecule has 0 unspecified atom stereocenters. The maximum Gasteiger partial charge on any atom is 0.513 e. The number of rotatable bonds is 7. The van der Waals surface area contributed by atoms with Crippen LogP contribution in [0.15, 0.2) is 54.6 Å². The lowest BCUT2D eigenvalue weighted by molar-refractivity contribution is 0.0463. The summed E-state index contributed by atoms with van der Waals surface area (Å²) in [7, 11) is 1.57. The van der Waals surface area contributed by atoms with E-state index in [0.717, 1.165) is 5.56 Å². The molecule has 0 spiro atoms. The van der Waals surface area contributed by atoms with E-state index in [2.05, 4.69) is 0 Å². The summed E-state index contributed by atoms with van der Waals surface area (Å²) in [6, 6.07) is 16.4. The second-order valence-electron chi connectivity index (χ2n) is 4.41. The highest BCUT2D eigenvalue weighted by molar-refractivity contribution is 5.63. The van der Waals surface area contributed by atoms with Gasteiger partial charge in [0, 0.05) is 0 Å². The molecule has 2 aromatic rings. The molecule has 0 fully saturated rings. The van der Waals surface area contributed by atoms with Crippen LogP contribution in [-0.4, -0.2) is 26.5 Å². The van der Waals surface area contributed by atoms with Gasteiger partial charge in [-0.3, -0.25) is 0 Å². The third kappa shape index (κ3) is 5.46. The Morgan fingerprint density at radius 1 is 0.909 bits per heavy atom. The minimum absolute atomic E-state index is 0.141. The summed E-state index contributed by atoms with van der Waals surface area (Å²) in [6.07, 6.45) is -0.756. The predicted molar refractivity (Wildman–Crippen MR) is 81.1 cm³/mol. The van der Waals surface area contributed by atoms with Crippen molar-refractivity contribution >= 4 is 6.16 Å². The number of carbonyl (C=O) groups is 1. The van der Waals surface area contributed by atoms with Crippen molar-refractivity contribution in [1.82, 2.24) is 0 Å². The first-order valence-corrected chi connectivity index (χ1v) is 6.88. The van der Waals surface area contributed by atoms with E-state index >= 15 is 0 Å². The largest absolute Gasteiger partial charge is 0.513 e. The van der Waals surface area contributed by atoms with Gasteiger partial charge in [-0.1, -0.05) is 30.3 Å². The first-order chi connectivity index (χ1) is 10.8. The average molecular weight is 302 g/mol. The zero-order chi connectivity index (χ0) is 15.6. The standard InChI is InChI=1S/C17H18O5/c1-19-15-7-9-16(10-8-15)22-17(18)21-12-11-20-13-14-5-3-2-4-6-14/h2-10H,11-13H2,1H3. The van der Waals surface area contributed by atoms with Gasteiger partial charge in [0.2, 0.25) is 0 Å². The van der Waals surface area contributed by atoms with Gasteiger partial charge in [-0.05, 0) is 29.8 Å². The number of carbonyl (C=O) groups excluding carboxylic acids is 1. The molecule has 2 rings (SSSR count). The molecule has 0 aliphatic carbocycles. The van der Waals surface area contributed by atoms with Gasteiger partial charge in [-0.15, -0.1) is 0 Å². The third-order valence-corrected chi connectivity index (χ3v) is 2.82. The molecule has 0 saturated carbocycles. The van der Waals surface area contributed by atoms with Gasteiger partial charge in [-0.25, -0.2) is 4.79 Å². The molecule has 0 radical (unpaired) electrons. The van der Waals surface area contributed by atoms with Crippen LogP contribution in [0.1, 0.15) is 5.56 Å². The first-order valence-electron chi connectivity index (χ1n) is 6.88. The molecular weight excluding hydrogens is 284 g/mol. The zero-order valence-electron chi connectivity index (χ0n) is 12.4. The summed E-state index contributed by atoms with van der Waals surface area (Å²) in [4.78, 5) is 11.5. The normalized spacial score (nSPS) is 10.0. The number of ether oxygens (including phenoxy) is 4. The molecule has 0 atom stereocenters. The van der Waals surface area contributed by atoms with Crippen molar-refractivity contribution in [3.63, 3.8) is 0 Å². The molecule has 0 heterocycles. The second-order valence-corrected chi connectivity index (χ2v) is 4.41. The summed E-state index contributed by atoms with van der Waals surface area (Å²) < 4.78 is 20.3. The quantitative estimate of drug-likeness (QED) is 0.445. The van der Waals surface area contributed by atoms with E-state index in [4.69, 9.17) is 18.9 Å². The fourth-order valence-corrected chi connectivity index (χ4v) is 1.72. The predicted octanol–water partition coefficient (Wildman–Crippen LogP) is 3.43. The fraction of sp³-hybridized carbons (Fsp3) is 0.235. The fourth-order valence-electron chi connectivity index (χ4n) is 1.72. The van der Waals surface area contributed by atoms with Crippen molar-refractivity contribution in [3.05, 3.63) is 60.2 Å². The molecule has 0 bridgehead atoms. The van der Waals surface area contributed by atoms with Crippen molar-refractivity contribution in [1.29, 1.82) is 0 Å². The Labute approximate surface area is 129 Å². The van der Waals surface area contributed by atoms with E-state index in [1.54, 1.807) is 31.4 Å². The maximum atomic E-state index is 11.5. The van der Waals surface area contributed by atoms with E-state index in [0.29, 0.717) is 24.7 Å². The van der Waals surface area contributed by atoms with Gasteiger partial charge in [-0.2, -0.15) is 0 Å². The van der Waals surface area contributed by atoms with Crippen LogP contribution in [-0.2, 0) is 16.1 Å². The Hall–Kier alpha value is -2.53. The highest BCUT2D eigenvalue weighted by Gasteiger charge is 2.06. The number of hydrogen-bond donors (Lipinski definition) is 0. The van der Waals surface area contributed by atoms with Gasteiger partial charge in [0.25, 0.3) is 0 Å². The molecule has 0 N–H and O–H groups in total. The molecule has 116 valence electrons. The van der Waals surface area contributed by atoms with Crippen molar-refractivity contribution in [3.8, 4) is 11.5 Å². The monoisotopic (exact) mass is 302 g/mol. The minimum Gasteiger partial charge on any atom is -0.497 e. The molecule has 2 aromatic carbocycles. The Kier molecular flexibility index (Phi) is 6.26. The van der Waals surface area contributed by atoms with E-state index in [9.17, 15) is 4.79 Å². The highest BCUT2D eigenvalue weighted by Crippen LogP contribution is 2.17. The first kappa shape index (κ1) is 15.9. The van der Waals surface area contributed by atoms with Crippen LogP contribution < -0.4 is 9.47 Å². The second kappa shape index (κ2) is 8.69. The van der Waals surface area contributed by atoms with Gasteiger partial charge < -0.3 is 18.9 Å². The van der Waals surface area contributed by atoms with Crippen molar-refractivity contribution < 1.29 is 23.7 Å². The van der Waals surface area contributed by atoms with Crippen LogP contribution in [0, 0.1) is 0 Å². The van der Waals surface area contributed by atoms with Crippen molar-refractivity contribution in [2.24, 2.45) is 0 Å². The molecule has 0 amide bonds. The molecular formula is C17H18O5.